The highest BCUT2D eigenvalue weighted by Crippen LogP contribution is 2.36. The molecule has 20 heavy (non-hydrogen) atoms. The van der Waals surface area contributed by atoms with E-state index in [4.69, 9.17) is 4.74 Å². The molecule has 4 nitrogen and oxygen atoms in total. The Morgan fingerprint density at radius 2 is 1.95 bits per heavy atom. The van der Waals surface area contributed by atoms with Crippen LogP contribution in [0.2, 0.25) is 0 Å². The predicted molar refractivity (Wildman–Crippen MR) is 84.7 cm³/mol. The maximum Gasteiger partial charge on any atom is 0.311 e. The molecule has 0 N–H and O–H groups in total. The number of halogens is 2. The van der Waals surface area contributed by atoms with Gasteiger partial charge in [0.05, 0.1) is 9.40 Å². The second kappa shape index (κ2) is 6.37. The van der Waals surface area contributed by atoms with E-state index < -0.39 is 4.92 Å². The lowest BCUT2D eigenvalue weighted by atomic mass is 10.2. The number of hydrogen-bond acceptors (Lipinski definition) is 3. The standard InChI is InChI=1S/C14H11Br2NO3/c1-9-2-4-12(17(18)19)14(6-9)20-13-5-3-10(8-15)7-11(13)16/h2-7H,8H2,1H3. The van der Waals surface area contributed by atoms with E-state index in [1.54, 1.807) is 18.2 Å². The average Bonchev–Trinajstić information content (AvgIpc) is 2.40. The van der Waals surface area contributed by atoms with Gasteiger partial charge in [0.15, 0.2) is 0 Å². The summed E-state index contributed by atoms with van der Waals surface area (Å²) in [5.74, 6) is 0.783. The number of alkyl halides is 1. The molecule has 0 saturated carbocycles. The Bertz CT molecular complexity index is 659. The molecule has 0 bridgehead atoms. The van der Waals surface area contributed by atoms with Crippen LogP contribution in [0, 0.1) is 17.0 Å². The Balaban J connectivity index is 2.39. The van der Waals surface area contributed by atoms with Crippen molar-refractivity contribution in [2.24, 2.45) is 0 Å². The summed E-state index contributed by atoms with van der Waals surface area (Å²) < 4.78 is 6.43. The first-order chi connectivity index (χ1) is 9.51. The minimum absolute atomic E-state index is 0.0490. The molecule has 0 unspecified atom stereocenters. The Hall–Kier alpha value is -1.40. The van der Waals surface area contributed by atoms with Crippen molar-refractivity contribution in [3.63, 3.8) is 0 Å². The van der Waals surface area contributed by atoms with Crippen molar-refractivity contribution in [2.45, 2.75) is 12.3 Å². The van der Waals surface area contributed by atoms with E-state index >= 15 is 0 Å². The monoisotopic (exact) mass is 399 g/mol. The van der Waals surface area contributed by atoms with Gasteiger partial charge in [0, 0.05) is 11.4 Å². The zero-order valence-electron chi connectivity index (χ0n) is 10.6. The SMILES string of the molecule is Cc1ccc([N+](=O)[O-])c(Oc2ccc(CBr)cc2Br)c1. The van der Waals surface area contributed by atoms with Gasteiger partial charge in [0.1, 0.15) is 5.75 Å². The van der Waals surface area contributed by atoms with Gasteiger partial charge in [-0.15, -0.1) is 0 Å². The number of nitrogens with zero attached hydrogens (tertiary/aromatic N) is 1. The second-order valence-electron chi connectivity index (χ2n) is 4.23. The number of aryl methyl sites for hydroxylation is 1. The molecule has 2 aromatic rings. The lowest BCUT2D eigenvalue weighted by Gasteiger charge is -2.09. The zero-order chi connectivity index (χ0) is 14.7. The molecule has 0 spiro atoms. The van der Waals surface area contributed by atoms with Gasteiger partial charge < -0.3 is 4.74 Å². The number of ether oxygens (including phenoxy) is 1. The van der Waals surface area contributed by atoms with Crippen LogP contribution in [0.25, 0.3) is 0 Å². The largest absolute Gasteiger partial charge is 0.449 e. The summed E-state index contributed by atoms with van der Waals surface area (Å²) in [6.45, 7) is 1.86. The summed E-state index contributed by atoms with van der Waals surface area (Å²) in [5, 5.41) is 11.7. The van der Waals surface area contributed by atoms with Crippen molar-refractivity contribution in [1.82, 2.24) is 0 Å². The van der Waals surface area contributed by atoms with E-state index in [-0.39, 0.29) is 11.4 Å². The summed E-state index contributed by atoms with van der Waals surface area (Å²) in [7, 11) is 0. The van der Waals surface area contributed by atoms with Crippen LogP contribution in [0.5, 0.6) is 11.5 Å². The fourth-order valence-corrected chi connectivity index (χ4v) is 2.54. The normalized spacial score (nSPS) is 10.3. The number of rotatable bonds is 4. The molecule has 6 heteroatoms. The maximum absolute atomic E-state index is 11.0. The maximum atomic E-state index is 11.0. The van der Waals surface area contributed by atoms with Gasteiger partial charge in [-0.3, -0.25) is 10.1 Å². The molecule has 0 atom stereocenters. The minimum Gasteiger partial charge on any atom is -0.449 e. The Labute approximate surface area is 133 Å². The third-order valence-corrected chi connectivity index (χ3v) is 3.95. The molecule has 0 aliphatic heterocycles. The number of nitro groups is 1. The van der Waals surface area contributed by atoms with Crippen molar-refractivity contribution >= 4 is 37.5 Å². The summed E-state index contributed by atoms with van der Waals surface area (Å²) in [6.07, 6.45) is 0. The van der Waals surface area contributed by atoms with E-state index in [2.05, 4.69) is 31.9 Å². The fraction of sp³-hybridized carbons (Fsp3) is 0.143. The highest BCUT2D eigenvalue weighted by Gasteiger charge is 2.16. The lowest BCUT2D eigenvalue weighted by Crippen LogP contribution is -1.94. The van der Waals surface area contributed by atoms with Gasteiger partial charge in [-0.1, -0.05) is 28.1 Å². The molecule has 0 saturated heterocycles. The first kappa shape index (κ1) is 15.0. The fourth-order valence-electron chi connectivity index (χ4n) is 1.68. The average molecular weight is 401 g/mol. The highest BCUT2D eigenvalue weighted by molar-refractivity contribution is 9.10. The highest BCUT2D eigenvalue weighted by atomic mass is 79.9. The van der Waals surface area contributed by atoms with Crippen LogP contribution in [0.15, 0.2) is 40.9 Å². The van der Waals surface area contributed by atoms with Gasteiger partial charge >= 0.3 is 5.69 Å². The molecule has 0 heterocycles. The molecule has 0 fully saturated rings. The number of benzene rings is 2. The van der Waals surface area contributed by atoms with Gasteiger partial charge in [0.2, 0.25) is 5.75 Å². The summed E-state index contributed by atoms with van der Waals surface area (Å²) in [5.41, 5.74) is 1.94. The van der Waals surface area contributed by atoms with Crippen LogP contribution in [-0.2, 0) is 5.33 Å². The predicted octanol–water partition coefficient (Wildman–Crippen LogP) is 5.35. The van der Waals surface area contributed by atoms with Crippen LogP contribution >= 0.6 is 31.9 Å². The van der Waals surface area contributed by atoms with Crippen LogP contribution in [-0.4, -0.2) is 4.92 Å². The Kier molecular flexibility index (Phi) is 4.77. The van der Waals surface area contributed by atoms with E-state index in [1.807, 2.05) is 19.1 Å². The Morgan fingerprint density at radius 1 is 1.20 bits per heavy atom. The van der Waals surface area contributed by atoms with Crippen LogP contribution < -0.4 is 4.74 Å². The molecule has 0 aliphatic rings. The molecular formula is C14H11Br2NO3. The van der Waals surface area contributed by atoms with E-state index in [0.29, 0.717) is 5.75 Å². The topological polar surface area (TPSA) is 52.4 Å². The van der Waals surface area contributed by atoms with Crippen LogP contribution in [0.4, 0.5) is 5.69 Å². The van der Waals surface area contributed by atoms with Crippen LogP contribution in [0.3, 0.4) is 0 Å². The first-order valence-corrected chi connectivity index (χ1v) is 7.70. The number of nitro benzene ring substituents is 1. The number of hydrogen-bond donors (Lipinski definition) is 0. The molecule has 104 valence electrons. The van der Waals surface area contributed by atoms with Crippen molar-refractivity contribution in [3.05, 3.63) is 62.1 Å². The van der Waals surface area contributed by atoms with Gasteiger partial charge in [-0.25, -0.2) is 0 Å². The van der Waals surface area contributed by atoms with Crippen molar-refractivity contribution < 1.29 is 9.66 Å². The quantitative estimate of drug-likeness (QED) is 0.394. The van der Waals surface area contributed by atoms with E-state index in [1.165, 1.54) is 6.07 Å². The summed E-state index contributed by atoms with van der Waals surface area (Å²) >= 11 is 6.78. The third-order valence-electron chi connectivity index (χ3n) is 2.68. The van der Waals surface area contributed by atoms with E-state index in [9.17, 15) is 10.1 Å². The third kappa shape index (κ3) is 3.37. The second-order valence-corrected chi connectivity index (χ2v) is 5.64. The molecular weight excluding hydrogens is 390 g/mol. The van der Waals surface area contributed by atoms with Crippen molar-refractivity contribution in [3.8, 4) is 11.5 Å². The van der Waals surface area contributed by atoms with Gasteiger partial charge in [-0.05, 0) is 52.2 Å². The smallest absolute Gasteiger partial charge is 0.311 e. The molecule has 2 aromatic carbocycles. The van der Waals surface area contributed by atoms with Gasteiger partial charge in [-0.2, -0.15) is 0 Å². The lowest BCUT2D eigenvalue weighted by molar-refractivity contribution is -0.385. The molecule has 0 amide bonds. The van der Waals surface area contributed by atoms with Crippen LogP contribution in [0.1, 0.15) is 11.1 Å². The molecule has 0 aromatic heterocycles. The van der Waals surface area contributed by atoms with Gasteiger partial charge in [0.25, 0.3) is 0 Å². The molecule has 0 radical (unpaired) electrons. The first-order valence-electron chi connectivity index (χ1n) is 5.78. The minimum atomic E-state index is -0.449. The summed E-state index contributed by atoms with van der Waals surface area (Å²) in [4.78, 5) is 10.6. The van der Waals surface area contributed by atoms with Crippen molar-refractivity contribution in [2.75, 3.05) is 0 Å². The van der Waals surface area contributed by atoms with E-state index in [0.717, 1.165) is 20.9 Å². The summed E-state index contributed by atoms with van der Waals surface area (Å²) in [6, 6.07) is 10.4. The van der Waals surface area contributed by atoms with Crippen molar-refractivity contribution in [1.29, 1.82) is 0 Å². The Morgan fingerprint density at radius 3 is 2.55 bits per heavy atom. The molecule has 0 aliphatic carbocycles. The zero-order valence-corrected chi connectivity index (χ0v) is 13.8. The molecule has 2 rings (SSSR count).